The van der Waals surface area contributed by atoms with Crippen molar-refractivity contribution in [3.63, 3.8) is 0 Å². The first-order valence-corrected chi connectivity index (χ1v) is 6.73. The van der Waals surface area contributed by atoms with E-state index in [1.165, 1.54) is 6.08 Å². The monoisotopic (exact) mass is 326 g/mol. The molecule has 124 valence electrons. The van der Waals surface area contributed by atoms with Crippen LogP contribution in [0.4, 0.5) is 8.78 Å². The first-order chi connectivity index (χ1) is 10.8. The third kappa shape index (κ3) is 6.25. The molecule has 1 rings (SSSR count). The van der Waals surface area contributed by atoms with Crippen LogP contribution >= 0.6 is 0 Å². The molecule has 3 N–H and O–H groups in total. The van der Waals surface area contributed by atoms with Crippen molar-refractivity contribution in [1.29, 1.82) is 0 Å². The Morgan fingerprint density at radius 1 is 1.26 bits per heavy atom. The lowest BCUT2D eigenvalue weighted by molar-refractivity contribution is -0.137. The van der Waals surface area contributed by atoms with Crippen LogP contribution in [0, 0.1) is 11.6 Å². The molecule has 23 heavy (non-hydrogen) atoms. The van der Waals surface area contributed by atoms with Gasteiger partial charge in [-0.15, -0.1) is 0 Å². The third-order valence-corrected chi connectivity index (χ3v) is 2.69. The van der Waals surface area contributed by atoms with E-state index < -0.39 is 35.5 Å². The molecule has 0 saturated heterocycles. The average molecular weight is 326 g/mol. The van der Waals surface area contributed by atoms with E-state index in [0.717, 1.165) is 18.2 Å². The molecule has 2 amide bonds. The van der Waals surface area contributed by atoms with Crippen molar-refractivity contribution in [2.75, 3.05) is 6.61 Å². The highest BCUT2D eigenvalue weighted by atomic mass is 19.1. The van der Waals surface area contributed by atoms with E-state index in [4.69, 9.17) is 5.73 Å². The van der Waals surface area contributed by atoms with Gasteiger partial charge in [0, 0.05) is 17.7 Å². The summed E-state index contributed by atoms with van der Waals surface area (Å²) >= 11 is 0. The summed E-state index contributed by atoms with van der Waals surface area (Å²) in [6.45, 7) is 1.83. The van der Waals surface area contributed by atoms with Gasteiger partial charge in [-0.25, -0.2) is 13.6 Å². The summed E-state index contributed by atoms with van der Waals surface area (Å²) in [5.41, 5.74) is 4.86. The first kappa shape index (κ1) is 18.3. The fourth-order valence-electron chi connectivity index (χ4n) is 1.66. The van der Waals surface area contributed by atoms with Gasteiger partial charge in [-0.05, 0) is 25.5 Å². The van der Waals surface area contributed by atoms with Crippen LogP contribution < -0.4 is 11.1 Å². The van der Waals surface area contributed by atoms with Crippen molar-refractivity contribution in [2.24, 2.45) is 5.73 Å². The molecular formula is C15H16F2N2O4. The number of esters is 1. The van der Waals surface area contributed by atoms with E-state index in [1.807, 2.05) is 0 Å². The fraction of sp³-hybridized carbons (Fsp3) is 0.267. The minimum Gasteiger partial charge on any atom is -0.463 e. The summed E-state index contributed by atoms with van der Waals surface area (Å²) in [7, 11) is 0. The predicted octanol–water partition coefficient (Wildman–Crippen LogP) is 1.06. The molecule has 0 spiro atoms. The van der Waals surface area contributed by atoms with Crippen LogP contribution in [-0.4, -0.2) is 30.4 Å². The molecule has 6 nitrogen and oxygen atoms in total. The SMILES string of the molecule is CCOC(=O)/C=C/C[C@H](NC(=O)c1cc(F)cc(F)c1)C(N)=O. The number of ether oxygens (including phenoxy) is 1. The summed E-state index contributed by atoms with van der Waals surface area (Å²) in [5.74, 6) is -4.17. The molecule has 0 aliphatic rings. The molecule has 0 saturated carbocycles. The predicted molar refractivity (Wildman–Crippen MR) is 77.2 cm³/mol. The highest BCUT2D eigenvalue weighted by molar-refractivity contribution is 5.97. The van der Waals surface area contributed by atoms with Crippen molar-refractivity contribution in [3.8, 4) is 0 Å². The molecule has 0 unspecified atom stereocenters. The first-order valence-electron chi connectivity index (χ1n) is 6.73. The maximum atomic E-state index is 13.1. The number of hydrogen-bond acceptors (Lipinski definition) is 4. The van der Waals surface area contributed by atoms with Crippen LogP contribution in [0.25, 0.3) is 0 Å². The number of carbonyl (C=O) groups is 3. The molecule has 1 atom stereocenters. The van der Waals surface area contributed by atoms with Gasteiger partial charge in [0.15, 0.2) is 0 Å². The number of primary amides is 1. The normalized spacial score (nSPS) is 12.0. The zero-order valence-electron chi connectivity index (χ0n) is 12.3. The molecule has 0 heterocycles. The van der Waals surface area contributed by atoms with Crippen LogP contribution in [0.3, 0.4) is 0 Å². The van der Waals surface area contributed by atoms with Crippen LogP contribution in [0.1, 0.15) is 23.7 Å². The van der Waals surface area contributed by atoms with Gasteiger partial charge in [-0.3, -0.25) is 9.59 Å². The van der Waals surface area contributed by atoms with Gasteiger partial charge in [0.05, 0.1) is 6.61 Å². The Labute approximate surface area is 131 Å². The smallest absolute Gasteiger partial charge is 0.330 e. The van der Waals surface area contributed by atoms with Crippen molar-refractivity contribution in [2.45, 2.75) is 19.4 Å². The Hall–Kier alpha value is -2.77. The highest BCUT2D eigenvalue weighted by Crippen LogP contribution is 2.08. The maximum absolute atomic E-state index is 13.1. The number of carbonyl (C=O) groups excluding carboxylic acids is 3. The van der Waals surface area contributed by atoms with Crippen molar-refractivity contribution >= 4 is 17.8 Å². The van der Waals surface area contributed by atoms with Crippen molar-refractivity contribution < 1.29 is 27.9 Å². The molecular weight excluding hydrogens is 310 g/mol. The maximum Gasteiger partial charge on any atom is 0.330 e. The summed E-state index contributed by atoms with van der Waals surface area (Å²) in [4.78, 5) is 34.3. The van der Waals surface area contributed by atoms with Crippen LogP contribution in [0.15, 0.2) is 30.4 Å². The van der Waals surface area contributed by atoms with E-state index in [0.29, 0.717) is 6.07 Å². The molecule has 0 fully saturated rings. The van der Waals surface area contributed by atoms with E-state index in [1.54, 1.807) is 6.92 Å². The Balaban J connectivity index is 2.73. The topological polar surface area (TPSA) is 98.5 Å². The van der Waals surface area contributed by atoms with Gasteiger partial charge in [0.2, 0.25) is 5.91 Å². The molecule has 0 aliphatic heterocycles. The number of halogens is 2. The van der Waals surface area contributed by atoms with E-state index >= 15 is 0 Å². The summed E-state index contributed by atoms with van der Waals surface area (Å²) < 4.78 is 30.8. The minimum absolute atomic E-state index is 0.0717. The van der Waals surface area contributed by atoms with Crippen LogP contribution in [-0.2, 0) is 14.3 Å². The van der Waals surface area contributed by atoms with E-state index in [-0.39, 0.29) is 18.6 Å². The summed E-state index contributed by atoms with van der Waals surface area (Å²) in [6, 6.07) is 1.12. The van der Waals surface area contributed by atoms with Crippen LogP contribution in [0.2, 0.25) is 0 Å². The Bertz CT molecular complexity index is 612. The summed E-state index contributed by atoms with van der Waals surface area (Å²) in [5, 5.41) is 2.24. The standard InChI is InChI=1S/C15H16F2N2O4/c1-2-23-13(20)5-3-4-12(14(18)21)19-15(22)9-6-10(16)8-11(17)7-9/h3,5-8,12H,2,4H2,1H3,(H2,18,21)(H,19,22)/b5-3+/t12-/m0/s1. The molecule has 0 radical (unpaired) electrons. The zero-order valence-corrected chi connectivity index (χ0v) is 12.3. The van der Waals surface area contributed by atoms with Crippen LogP contribution in [0.5, 0.6) is 0 Å². The Morgan fingerprint density at radius 2 is 1.87 bits per heavy atom. The van der Waals surface area contributed by atoms with E-state index in [9.17, 15) is 23.2 Å². The fourth-order valence-corrected chi connectivity index (χ4v) is 1.66. The zero-order chi connectivity index (χ0) is 17.4. The van der Waals surface area contributed by atoms with Crippen molar-refractivity contribution in [1.82, 2.24) is 5.32 Å². The molecule has 8 heteroatoms. The van der Waals surface area contributed by atoms with Gasteiger partial charge in [0.1, 0.15) is 17.7 Å². The second-order valence-electron chi connectivity index (χ2n) is 4.48. The molecule has 1 aromatic carbocycles. The average Bonchev–Trinajstić information content (AvgIpc) is 2.45. The lowest BCUT2D eigenvalue weighted by Gasteiger charge is -2.13. The quantitative estimate of drug-likeness (QED) is 0.578. The van der Waals surface area contributed by atoms with Gasteiger partial charge < -0.3 is 15.8 Å². The Kier molecular flexibility index (Phi) is 6.85. The second-order valence-corrected chi connectivity index (χ2v) is 4.48. The molecule has 1 aromatic rings. The molecule has 0 aliphatic carbocycles. The lowest BCUT2D eigenvalue weighted by atomic mass is 10.1. The number of amides is 2. The lowest BCUT2D eigenvalue weighted by Crippen LogP contribution is -2.44. The molecule has 0 aromatic heterocycles. The highest BCUT2D eigenvalue weighted by Gasteiger charge is 2.18. The number of nitrogens with one attached hydrogen (secondary N) is 1. The van der Waals surface area contributed by atoms with Crippen molar-refractivity contribution in [3.05, 3.63) is 47.5 Å². The number of benzene rings is 1. The number of hydrogen-bond donors (Lipinski definition) is 2. The van der Waals surface area contributed by atoms with Gasteiger partial charge in [0.25, 0.3) is 5.91 Å². The Morgan fingerprint density at radius 3 is 2.39 bits per heavy atom. The summed E-state index contributed by atoms with van der Waals surface area (Å²) in [6.07, 6.45) is 2.32. The number of rotatable bonds is 7. The van der Waals surface area contributed by atoms with Gasteiger partial charge >= 0.3 is 5.97 Å². The van der Waals surface area contributed by atoms with E-state index in [2.05, 4.69) is 10.1 Å². The largest absolute Gasteiger partial charge is 0.463 e. The second kappa shape index (κ2) is 8.62. The third-order valence-electron chi connectivity index (χ3n) is 2.69. The van der Waals surface area contributed by atoms with Gasteiger partial charge in [-0.2, -0.15) is 0 Å². The number of nitrogens with two attached hydrogens (primary N) is 1. The minimum atomic E-state index is -1.14. The van der Waals surface area contributed by atoms with Gasteiger partial charge in [-0.1, -0.05) is 6.08 Å². The molecule has 0 bridgehead atoms.